The maximum absolute atomic E-state index is 12.7. The second kappa shape index (κ2) is 5.13. The molecule has 0 N–H and O–H groups in total. The number of benzene rings is 1. The molecular formula is C13H13F3O. The molecule has 0 bridgehead atoms. The highest BCUT2D eigenvalue weighted by Gasteiger charge is 2.33. The Balaban J connectivity index is 3.02. The molecule has 0 saturated carbocycles. The Kier molecular flexibility index (Phi) is 4.06. The predicted octanol–water partition coefficient (Wildman–Crippen LogP) is 3.72. The van der Waals surface area contributed by atoms with E-state index in [1.54, 1.807) is 0 Å². The minimum absolute atomic E-state index is 0.172. The fourth-order valence-corrected chi connectivity index (χ4v) is 1.24. The molecule has 0 aliphatic carbocycles. The Morgan fingerprint density at radius 1 is 1.35 bits per heavy atom. The molecule has 1 aromatic carbocycles. The van der Waals surface area contributed by atoms with Crippen LogP contribution in [0.25, 0.3) is 0 Å². The number of rotatable bonds is 3. The van der Waals surface area contributed by atoms with Gasteiger partial charge in [0.25, 0.3) is 0 Å². The van der Waals surface area contributed by atoms with Crippen LogP contribution in [0.2, 0.25) is 0 Å². The van der Waals surface area contributed by atoms with Gasteiger partial charge in [0, 0.05) is 5.56 Å². The third kappa shape index (κ3) is 3.70. The SMILES string of the molecule is C#Cc1ccc(OCC(C)C)cc1C(F)(F)F. The maximum atomic E-state index is 12.7. The van der Waals surface area contributed by atoms with Crippen LogP contribution in [-0.4, -0.2) is 6.61 Å². The van der Waals surface area contributed by atoms with Gasteiger partial charge < -0.3 is 4.74 Å². The average Bonchev–Trinajstić information content (AvgIpc) is 2.24. The largest absolute Gasteiger partial charge is 0.493 e. The van der Waals surface area contributed by atoms with E-state index in [1.807, 2.05) is 19.8 Å². The van der Waals surface area contributed by atoms with Gasteiger partial charge in [0.2, 0.25) is 0 Å². The van der Waals surface area contributed by atoms with Crippen molar-refractivity contribution < 1.29 is 17.9 Å². The van der Waals surface area contributed by atoms with E-state index < -0.39 is 11.7 Å². The number of halogens is 3. The molecule has 4 heteroatoms. The first-order valence-corrected chi connectivity index (χ1v) is 5.15. The molecule has 0 heterocycles. The number of ether oxygens (including phenoxy) is 1. The molecule has 0 atom stereocenters. The van der Waals surface area contributed by atoms with Crippen molar-refractivity contribution in [2.45, 2.75) is 20.0 Å². The lowest BCUT2D eigenvalue weighted by Gasteiger charge is -2.13. The standard InChI is InChI=1S/C13H13F3O/c1-4-10-5-6-11(17-8-9(2)3)7-12(10)13(14,15)16/h1,5-7,9H,8H2,2-3H3. The summed E-state index contributed by atoms with van der Waals surface area (Å²) in [5.74, 6) is 2.45. The summed E-state index contributed by atoms with van der Waals surface area (Å²) in [4.78, 5) is 0. The first-order chi connectivity index (χ1) is 7.84. The molecule has 0 radical (unpaired) electrons. The summed E-state index contributed by atoms with van der Waals surface area (Å²) in [6.07, 6.45) is 0.569. The smallest absolute Gasteiger partial charge is 0.417 e. The molecule has 1 nitrogen and oxygen atoms in total. The first-order valence-electron chi connectivity index (χ1n) is 5.15. The minimum Gasteiger partial charge on any atom is -0.493 e. The van der Waals surface area contributed by atoms with Gasteiger partial charge in [0.05, 0.1) is 12.2 Å². The van der Waals surface area contributed by atoms with Gasteiger partial charge in [0.15, 0.2) is 0 Å². The highest BCUT2D eigenvalue weighted by molar-refractivity contribution is 5.45. The quantitative estimate of drug-likeness (QED) is 0.734. The zero-order valence-electron chi connectivity index (χ0n) is 9.64. The van der Waals surface area contributed by atoms with Crippen LogP contribution in [0.3, 0.4) is 0 Å². The Morgan fingerprint density at radius 2 is 2.00 bits per heavy atom. The van der Waals surface area contributed by atoms with E-state index in [2.05, 4.69) is 0 Å². The fourth-order valence-electron chi connectivity index (χ4n) is 1.24. The number of hydrogen-bond acceptors (Lipinski definition) is 1. The molecule has 0 aromatic heterocycles. The lowest BCUT2D eigenvalue weighted by molar-refractivity contribution is -0.137. The van der Waals surface area contributed by atoms with E-state index in [0.29, 0.717) is 6.61 Å². The average molecular weight is 242 g/mol. The Hall–Kier alpha value is -1.63. The zero-order valence-corrected chi connectivity index (χ0v) is 9.64. The number of alkyl halides is 3. The van der Waals surface area contributed by atoms with Crippen molar-refractivity contribution in [3.63, 3.8) is 0 Å². The molecule has 0 saturated heterocycles. The maximum Gasteiger partial charge on any atom is 0.417 e. The molecule has 0 unspecified atom stereocenters. The minimum atomic E-state index is -4.46. The van der Waals surface area contributed by atoms with E-state index in [0.717, 1.165) is 6.07 Å². The van der Waals surface area contributed by atoms with Gasteiger partial charge in [-0.3, -0.25) is 0 Å². The summed E-state index contributed by atoms with van der Waals surface area (Å²) < 4.78 is 43.2. The van der Waals surface area contributed by atoms with Crippen LogP contribution in [0.1, 0.15) is 25.0 Å². The summed E-state index contributed by atoms with van der Waals surface area (Å²) in [5, 5.41) is 0. The predicted molar refractivity (Wildman–Crippen MR) is 59.7 cm³/mol. The molecule has 0 aliphatic rings. The second-order valence-corrected chi connectivity index (χ2v) is 4.05. The van der Waals surface area contributed by atoms with Crippen LogP contribution in [0.15, 0.2) is 18.2 Å². The lowest BCUT2D eigenvalue weighted by atomic mass is 10.1. The van der Waals surface area contributed by atoms with Crippen molar-refractivity contribution >= 4 is 0 Å². The van der Waals surface area contributed by atoms with Crippen LogP contribution >= 0.6 is 0 Å². The summed E-state index contributed by atoms with van der Waals surface area (Å²) in [7, 11) is 0. The molecule has 0 amide bonds. The van der Waals surface area contributed by atoms with E-state index in [4.69, 9.17) is 11.2 Å². The van der Waals surface area contributed by atoms with E-state index >= 15 is 0 Å². The van der Waals surface area contributed by atoms with Crippen LogP contribution in [0.4, 0.5) is 13.2 Å². The molecular weight excluding hydrogens is 229 g/mol. The van der Waals surface area contributed by atoms with Crippen molar-refractivity contribution in [3.05, 3.63) is 29.3 Å². The Morgan fingerprint density at radius 3 is 2.47 bits per heavy atom. The summed E-state index contributed by atoms with van der Waals surface area (Å²) in [5.41, 5.74) is -1.00. The molecule has 1 rings (SSSR count). The van der Waals surface area contributed by atoms with Gasteiger partial charge in [0.1, 0.15) is 5.75 Å². The van der Waals surface area contributed by atoms with Gasteiger partial charge in [-0.15, -0.1) is 6.42 Å². The van der Waals surface area contributed by atoms with E-state index in [9.17, 15) is 13.2 Å². The Bertz CT molecular complexity index is 427. The number of hydrogen-bond donors (Lipinski definition) is 0. The highest BCUT2D eigenvalue weighted by Crippen LogP contribution is 2.34. The molecule has 0 fully saturated rings. The molecule has 1 aromatic rings. The number of terminal acetylenes is 1. The van der Waals surface area contributed by atoms with Crippen molar-refractivity contribution in [3.8, 4) is 18.1 Å². The van der Waals surface area contributed by atoms with Gasteiger partial charge in [-0.1, -0.05) is 19.8 Å². The Labute approximate surface area is 98.6 Å². The van der Waals surface area contributed by atoms with Crippen LogP contribution in [0.5, 0.6) is 5.75 Å². The summed E-state index contributed by atoms with van der Waals surface area (Å²) >= 11 is 0. The van der Waals surface area contributed by atoms with E-state index in [1.165, 1.54) is 12.1 Å². The molecule has 92 valence electrons. The molecule has 0 aliphatic heterocycles. The van der Waals surface area contributed by atoms with E-state index in [-0.39, 0.29) is 17.2 Å². The van der Waals surface area contributed by atoms with Crippen LogP contribution in [-0.2, 0) is 6.18 Å². The van der Waals surface area contributed by atoms with Gasteiger partial charge in [-0.25, -0.2) is 0 Å². The molecule has 17 heavy (non-hydrogen) atoms. The lowest BCUT2D eigenvalue weighted by Crippen LogP contribution is -2.10. The third-order valence-electron chi connectivity index (χ3n) is 2.04. The first kappa shape index (κ1) is 13.4. The van der Waals surface area contributed by atoms with Gasteiger partial charge in [-0.05, 0) is 24.1 Å². The van der Waals surface area contributed by atoms with Crippen molar-refractivity contribution in [2.75, 3.05) is 6.61 Å². The second-order valence-electron chi connectivity index (χ2n) is 4.05. The molecule has 0 spiro atoms. The van der Waals surface area contributed by atoms with Gasteiger partial charge >= 0.3 is 6.18 Å². The third-order valence-corrected chi connectivity index (χ3v) is 2.04. The van der Waals surface area contributed by atoms with Crippen molar-refractivity contribution in [2.24, 2.45) is 5.92 Å². The topological polar surface area (TPSA) is 9.23 Å². The van der Waals surface area contributed by atoms with Crippen molar-refractivity contribution in [1.82, 2.24) is 0 Å². The summed E-state index contributed by atoms with van der Waals surface area (Å²) in [6.45, 7) is 4.20. The highest BCUT2D eigenvalue weighted by atomic mass is 19.4. The van der Waals surface area contributed by atoms with Crippen molar-refractivity contribution in [1.29, 1.82) is 0 Å². The fraction of sp³-hybridized carbons (Fsp3) is 0.385. The van der Waals surface area contributed by atoms with Gasteiger partial charge in [-0.2, -0.15) is 13.2 Å². The summed E-state index contributed by atoms with van der Waals surface area (Å²) in [6, 6.07) is 3.64. The van der Waals surface area contributed by atoms with Crippen LogP contribution in [0, 0.1) is 18.3 Å². The van der Waals surface area contributed by atoms with Crippen LogP contribution < -0.4 is 4.74 Å². The normalized spacial score (nSPS) is 11.4. The monoisotopic (exact) mass is 242 g/mol. The zero-order chi connectivity index (χ0) is 13.1.